The van der Waals surface area contributed by atoms with Gasteiger partial charge in [-0.25, -0.2) is 9.25 Å². The summed E-state index contributed by atoms with van der Waals surface area (Å²) in [4.78, 5) is 44.2. The van der Waals surface area contributed by atoms with Gasteiger partial charge < -0.3 is 20.4 Å². The van der Waals surface area contributed by atoms with E-state index >= 15 is 0 Å². The molecule has 1 atom stereocenters. The lowest BCUT2D eigenvalue weighted by molar-refractivity contribution is -0.119. The first kappa shape index (κ1) is 27.7. The lowest BCUT2D eigenvalue weighted by Crippen LogP contribution is -2.49. The van der Waals surface area contributed by atoms with Crippen molar-refractivity contribution < 1.29 is 28.5 Å². The van der Waals surface area contributed by atoms with Crippen molar-refractivity contribution in [3.05, 3.63) is 53.6 Å². The number of aryl methyl sites for hydroxylation is 2. The van der Waals surface area contributed by atoms with Gasteiger partial charge in [-0.15, -0.1) is 0 Å². The van der Waals surface area contributed by atoms with Crippen LogP contribution in [0.4, 0.5) is 5.69 Å². The Morgan fingerprint density at radius 1 is 1.13 bits per heavy atom. The van der Waals surface area contributed by atoms with Gasteiger partial charge in [-0.2, -0.15) is 10.2 Å². The van der Waals surface area contributed by atoms with E-state index in [1.165, 1.54) is 9.36 Å². The zero-order chi connectivity index (χ0) is 27.4. The maximum absolute atomic E-state index is 13.4. The Kier molecular flexibility index (Phi) is 8.47. The predicted molar refractivity (Wildman–Crippen MR) is 140 cm³/mol. The Bertz CT molecular complexity index is 1340. The average molecular weight is 545 g/mol. The summed E-state index contributed by atoms with van der Waals surface area (Å²) in [5, 5.41) is 14.3. The van der Waals surface area contributed by atoms with Crippen LogP contribution in [0.15, 0.2) is 36.5 Å². The zero-order valence-electron chi connectivity index (χ0n) is 21.6. The van der Waals surface area contributed by atoms with E-state index in [4.69, 9.17) is 9.79 Å². The molecule has 0 radical (unpaired) electrons. The van der Waals surface area contributed by atoms with Gasteiger partial charge in [-0.1, -0.05) is 31.4 Å². The third-order valence-electron chi connectivity index (χ3n) is 6.91. The molecule has 1 aliphatic rings. The average Bonchev–Trinajstić information content (AvgIpc) is 3.43. The van der Waals surface area contributed by atoms with Gasteiger partial charge >= 0.3 is 7.82 Å². The Morgan fingerprint density at radius 3 is 2.42 bits per heavy atom. The standard InChI is InChI=1S/C25H33N6O6P/c1-16-22(17(2)31(29-16)15-37-38(34,35)36)18-9-11-20(12-10-18)27-25(33)23(19-7-5-4-6-8-19)28-24(32)21-13-14-26-30(21)3/h9-14,19,23H,4-8,15H2,1-3H3,(H,27,33)(H,28,32)(H2,34,35,36)/t23-/m0/s1. The molecular formula is C25H33N6O6P. The monoisotopic (exact) mass is 544 g/mol. The van der Waals surface area contributed by atoms with E-state index in [1.807, 2.05) is 12.1 Å². The summed E-state index contributed by atoms with van der Waals surface area (Å²) in [7, 11) is -2.94. The summed E-state index contributed by atoms with van der Waals surface area (Å²) in [5.41, 5.74) is 3.96. The van der Waals surface area contributed by atoms with Crippen LogP contribution in [0.1, 0.15) is 54.0 Å². The number of carbonyl (C=O) groups excluding carboxylic acids is 2. The number of carbonyl (C=O) groups is 2. The van der Waals surface area contributed by atoms with E-state index in [1.54, 1.807) is 45.3 Å². The maximum Gasteiger partial charge on any atom is 0.471 e. The van der Waals surface area contributed by atoms with Gasteiger partial charge in [0.1, 0.15) is 11.7 Å². The normalized spacial score (nSPS) is 15.3. The van der Waals surface area contributed by atoms with Crippen LogP contribution < -0.4 is 10.6 Å². The number of benzene rings is 1. The molecule has 38 heavy (non-hydrogen) atoms. The number of hydrogen-bond acceptors (Lipinski definition) is 6. The summed E-state index contributed by atoms with van der Waals surface area (Å²) < 4.78 is 18.5. The molecular weight excluding hydrogens is 511 g/mol. The fourth-order valence-electron chi connectivity index (χ4n) is 4.99. The van der Waals surface area contributed by atoms with Gasteiger partial charge in [0.2, 0.25) is 5.91 Å². The number of phosphoric acid groups is 1. The number of aromatic nitrogens is 4. The third kappa shape index (κ3) is 6.57. The highest BCUT2D eigenvalue weighted by Crippen LogP contribution is 2.37. The topological polar surface area (TPSA) is 161 Å². The molecule has 3 aromatic rings. The molecule has 2 aromatic heterocycles. The van der Waals surface area contributed by atoms with Crippen LogP contribution in [0.25, 0.3) is 11.1 Å². The van der Waals surface area contributed by atoms with Crippen LogP contribution in [-0.4, -0.2) is 47.2 Å². The number of nitrogens with one attached hydrogen (secondary N) is 2. The number of anilines is 1. The summed E-state index contributed by atoms with van der Waals surface area (Å²) in [6, 6.07) is 8.17. The molecule has 12 nitrogen and oxygen atoms in total. The van der Waals surface area contributed by atoms with Gasteiger partial charge in [0.25, 0.3) is 5.91 Å². The minimum Gasteiger partial charge on any atom is -0.339 e. The highest BCUT2D eigenvalue weighted by Gasteiger charge is 2.32. The van der Waals surface area contributed by atoms with E-state index in [2.05, 4.69) is 25.4 Å². The van der Waals surface area contributed by atoms with Gasteiger partial charge in [-0.3, -0.25) is 18.8 Å². The van der Waals surface area contributed by atoms with Gasteiger partial charge in [-0.05, 0) is 56.4 Å². The Morgan fingerprint density at radius 2 is 1.82 bits per heavy atom. The van der Waals surface area contributed by atoms with Crippen molar-refractivity contribution in [2.75, 3.05) is 5.32 Å². The summed E-state index contributed by atoms with van der Waals surface area (Å²) in [6.45, 7) is 3.21. The smallest absolute Gasteiger partial charge is 0.339 e. The number of amides is 2. The number of phosphoric ester groups is 1. The molecule has 0 bridgehead atoms. The quantitative estimate of drug-likeness (QED) is 0.299. The van der Waals surface area contributed by atoms with E-state index in [0.717, 1.165) is 43.2 Å². The Balaban J connectivity index is 1.49. The van der Waals surface area contributed by atoms with E-state index in [-0.39, 0.29) is 24.5 Å². The summed E-state index contributed by atoms with van der Waals surface area (Å²) in [5.74, 6) is -0.557. The fourth-order valence-corrected chi connectivity index (χ4v) is 5.25. The minimum atomic E-state index is -4.63. The molecule has 1 saturated carbocycles. The molecule has 1 fully saturated rings. The van der Waals surface area contributed by atoms with Crippen LogP contribution in [0, 0.1) is 19.8 Å². The van der Waals surface area contributed by atoms with Crippen molar-refractivity contribution in [1.82, 2.24) is 24.9 Å². The maximum atomic E-state index is 13.4. The number of rotatable bonds is 9. The van der Waals surface area contributed by atoms with E-state index < -0.39 is 13.9 Å². The molecule has 2 heterocycles. The molecule has 1 aromatic carbocycles. The van der Waals surface area contributed by atoms with Crippen molar-refractivity contribution >= 4 is 25.3 Å². The fraction of sp³-hybridized carbons (Fsp3) is 0.440. The molecule has 2 amide bonds. The largest absolute Gasteiger partial charge is 0.471 e. The second-order valence-electron chi connectivity index (χ2n) is 9.55. The Labute approximate surface area is 220 Å². The second-order valence-corrected chi connectivity index (χ2v) is 10.8. The highest BCUT2D eigenvalue weighted by atomic mass is 31.2. The van der Waals surface area contributed by atoms with E-state index in [9.17, 15) is 14.2 Å². The number of nitrogens with zero attached hydrogens (tertiary/aromatic N) is 4. The van der Waals surface area contributed by atoms with Crippen molar-refractivity contribution in [2.24, 2.45) is 13.0 Å². The van der Waals surface area contributed by atoms with Gasteiger partial charge in [0.05, 0.1) is 5.69 Å². The lowest BCUT2D eigenvalue weighted by Gasteiger charge is -2.30. The molecule has 0 spiro atoms. The van der Waals surface area contributed by atoms with Crippen molar-refractivity contribution in [3.63, 3.8) is 0 Å². The molecule has 0 unspecified atom stereocenters. The van der Waals surface area contributed by atoms with E-state index in [0.29, 0.717) is 22.8 Å². The van der Waals surface area contributed by atoms with Crippen molar-refractivity contribution in [1.29, 1.82) is 0 Å². The molecule has 0 saturated heterocycles. The first-order chi connectivity index (χ1) is 18.0. The van der Waals surface area contributed by atoms with Crippen molar-refractivity contribution in [2.45, 2.75) is 58.7 Å². The summed E-state index contributed by atoms with van der Waals surface area (Å²) in [6.07, 6.45) is 6.47. The highest BCUT2D eigenvalue weighted by molar-refractivity contribution is 7.46. The van der Waals surface area contributed by atoms with Crippen LogP contribution >= 0.6 is 7.82 Å². The van der Waals surface area contributed by atoms with Crippen LogP contribution in [0.3, 0.4) is 0 Å². The SMILES string of the molecule is Cc1nn(COP(=O)(O)O)c(C)c1-c1ccc(NC(=O)[C@@H](NC(=O)c2ccnn2C)C2CCCCC2)cc1. The Hall–Kier alpha value is -3.31. The van der Waals surface area contributed by atoms with Crippen LogP contribution in [0.2, 0.25) is 0 Å². The van der Waals surface area contributed by atoms with Crippen LogP contribution in [0.5, 0.6) is 0 Å². The molecule has 0 aliphatic heterocycles. The zero-order valence-corrected chi connectivity index (χ0v) is 22.5. The second kappa shape index (κ2) is 11.6. The lowest BCUT2D eigenvalue weighted by atomic mass is 9.83. The van der Waals surface area contributed by atoms with Crippen molar-refractivity contribution in [3.8, 4) is 11.1 Å². The molecule has 4 rings (SSSR count). The summed E-state index contributed by atoms with van der Waals surface area (Å²) >= 11 is 0. The molecule has 13 heteroatoms. The van der Waals surface area contributed by atoms with Crippen LogP contribution in [-0.2, 0) is 27.7 Å². The first-order valence-corrected chi connectivity index (χ1v) is 14.0. The predicted octanol–water partition coefficient (Wildman–Crippen LogP) is 3.28. The van der Waals surface area contributed by atoms with Gasteiger partial charge in [0, 0.05) is 30.2 Å². The first-order valence-electron chi connectivity index (χ1n) is 12.5. The molecule has 204 valence electrons. The molecule has 4 N–H and O–H groups in total. The molecule has 1 aliphatic carbocycles. The van der Waals surface area contributed by atoms with Gasteiger partial charge in [0.15, 0.2) is 6.73 Å². The minimum absolute atomic E-state index is 0.0479. The number of hydrogen-bond donors (Lipinski definition) is 4. The third-order valence-corrected chi connectivity index (χ3v) is 7.37.